The van der Waals surface area contributed by atoms with Crippen LogP contribution in [0.15, 0.2) is 18.2 Å². The third-order valence-corrected chi connectivity index (χ3v) is 2.10. The highest BCUT2D eigenvalue weighted by molar-refractivity contribution is 5.95. The van der Waals surface area contributed by atoms with E-state index in [1.165, 1.54) is 25.1 Å². The largest absolute Gasteiger partial charge is 0.471 e. The van der Waals surface area contributed by atoms with Gasteiger partial charge in [-0.25, -0.2) is 0 Å². The number of hydrogen-bond acceptors (Lipinski definition) is 4. The first-order chi connectivity index (χ1) is 7.95. The minimum absolute atomic E-state index is 0.0606. The van der Waals surface area contributed by atoms with E-state index in [0.717, 1.165) is 0 Å². The van der Waals surface area contributed by atoms with Gasteiger partial charge in [-0.1, -0.05) is 5.92 Å². The van der Waals surface area contributed by atoms with Crippen LogP contribution in [0, 0.1) is 22.5 Å². The van der Waals surface area contributed by atoms with Gasteiger partial charge < -0.3 is 4.74 Å². The van der Waals surface area contributed by atoms with Crippen LogP contribution in [-0.2, 0) is 0 Å². The van der Waals surface area contributed by atoms with Crippen molar-refractivity contribution in [3.05, 3.63) is 33.9 Å². The molecule has 5 nitrogen and oxygen atoms in total. The molecule has 0 fully saturated rings. The van der Waals surface area contributed by atoms with Crippen LogP contribution in [0.25, 0.3) is 0 Å². The van der Waals surface area contributed by atoms with Gasteiger partial charge in [0, 0.05) is 11.6 Å². The zero-order valence-electron chi connectivity index (χ0n) is 9.47. The predicted octanol–water partition coefficient (Wildman–Crippen LogP) is 2.20. The average molecular weight is 233 g/mol. The molecule has 0 amide bonds. The molecule has 0 saturated heterocycles. The maximum Gasteiger partial charge on any atom is 0.311 e. The lowest BCUT2D eigenvalue weighted by Gasteiger charge is -2.09. The molecule has 0 radical (unpaired) electrons. The van der Waals surface area contributed by atoms with Crippen LogP contribution in [0.3, 0.4) is 0 Å². The van der Waals surface area contributed by atoms with E-state index >= 15 is 0 Å². The zero-order chi connectivity index (χ0) is 13.0. The molecule has 88 valence electrons. The summed E-state index contributed by atoms with van der Waals surface area (Å²) in [6.45, 7) is 2.94. The number of Topliss-reactive ketones (excluding diaryl/α,β-unsaturated/α-hetero) is 1. The van der Waals surface area contributed by atoms with E-state index in [1.54, 1.807) is 6.92 Å². The molecule has 1 aromatic carbocycles. The Bertz CT molecular complexity index is 502. The van der Waals surface area contributed by atoms with Crippen LogP contribution in [0.1, 0.15) is 24.2 Å². The topological polar surface area (TPSA) is 69.4 Å². The summed E-state index contributed by atoms with van der Waals surface area (Å²) in [5.41, 5.74) is -0.00258. The molecule has 0 aliphatic carbocycles. The summed E-state index contributed by atoms with van der Waals surface area (Å²) in [6.07, 6.45) is 4.55. The molecule has 5 heteroatoms. The summed E-state index contributed by atoms with van der Waals surface area (Å²) < 4.78 is 5.20. The predicted molar refractivity (Wildman–Crippen MR) is 62.0 cm³/mol. The molecule has 0 spiro atoms. The van der Waals surface area contributed by atoms with E-state index in [1.807, 2.05) is 0 Å². The van der Waals surface area contributed by atoms with E-state index in [4.69, 9.17) is 11.2 Å². The maximum atomic E-state index is 11.1. The molecule has 0 N–H and O–H groups in total. The molecular formula is C12H11NO4. The number of nitro groups is 1. The van der Waals surface area contributed by atoms with Crippen LogP contribution in [-0.4, -0.2) is 16.8 Å². The normalized spacial score (nSPS) is 11.4. The van der Waals surface area contributed by atoms with Crippen molar-refractivity contribution >= 4 is 11.5 Å². The smallest absolute Gasteiger partial charge is 0.311 e. The Morgan fingerprint density at radius 2 is 2.24 bits per heavy atom. The highest BCUT2D eigenvalue weighted by Crippen LogP contribution is 2.28. The van der Waals surface area contributed by atoms with Crippen LogP contribution in [0.2, 0.25) is 0 Å². The van der Waals surface area contributed by atoms with Crippen LogP contribution in [0.5, 0.6) is 5.75 Å². The van der Waals surface area contributed by atoms with Gasteiger partial charge in [-0.05, 0) is 26.0 Å². The molecule has 1 atom stereocenters. The van der Waals surface area contributed by atoms with Gasteiger partial charge in [0.1, 0.15) is 0 Å². The monoisotopic (exact) mass is 233 g/mol. The fraction of sp³-hybridized carbons (Fsp3) is 0.250. The number of carbonyl (C=O) groups excluding carboxylic acids is 1. The van der Waals surface area contributed by atoms with Crippen molar-refractivity contribution in [2.24, 2.45) is 0 Å². The van der Waals surface area contributed by atoms with Gasteiger partial charge in [-0.15, -0.1) is 6.42 Å². The Balaban J connectivity index is 3.18. The Morgan fingerprint density at radius 3 is 2.71 bits per heavy atom. The number of ketones is 1. The first-order valence-corrected chi connectivity index (χ1v) is 4.88. The van der Waals surface area contributed by atoms with Crippen LogP contribution >= 0.6 is 0 Å². The van der Waals surface area contributed by atoms with Crippen molar-refractivity contribution in [3.8, 4) is 18.1 Å². The zero-order valence-corrected chi connectivity index (χ0v) is 9.47. The molecular weight excluding hydrogens is 222 g/mol. The van der Waals surface area contributed by atoms with Crippen molar-refractivity contribution in [2.75, 3.05) is 0 Å². The van der Waals surface area contributed by atoms with Gasteiger partial charge in [0.05, 0.1) is 4.92 Å². The summed E-state index contributed by atoms with van der Waals surface area (Å²) in [7, 11) is 0. The molecule has 0 aliphatic rings. The van der Waals surface area contributed by atoms with Crippen molar-refractivity contribution in [1.82, 2.24) is 0 Å². The number of rotatable bonds is 4. The number of carbonyl (C=O) groups is 1. The van der Waals surface area contributed by atoms with Crippen LogP contribution in [0.4, 0.5) is 5.69 Å². The number of benzene rings is 1. The van der Waals surface area contributed by atoms with Gasteiger partial charge in [0.15, 0.2) is 17.6 Å². The lowest BCUT2D eigenvalue weighted by atomic mass is 10.1. The highest BCUT2D eigenvalue weighted by Gasteiger charge is 2.18. The molecule has 0 bridgehead atoms. The lowest BCUT2D eigenvalue weighted by Crippen LogP contribution is -2.10. The van der Waals surface area contributed by atoms with Crippen molar-refractivity contribution in [2.45, 2.75) is 20.0 Å². The minimum atomic E-state index is -0.606. The second kappa shape index (κ2) is 5.12. The number of terminal acetylenes is 1. The van der Waals surface area contributed by atoms with Gasteiger partial charge in [-0.3, -0.25) is 14.9 Å². The van der Waals surface area contributed by atoms with Crippen molar-refractivity contribution in [3.63, 3.8) is 0 Å². The maximum absolute atomic E-state index is 11.1. The summed E-state index contributed by atoms with van der Waals surface area (Å²) in [6, 6.07) is 4.03. The molecule has 0 saturated carbocycles. The van der Waals surface area contributed by atoms with Crippen LogP contribution < -0.4 is 4.74 Å². The van der Waals surface area contributed by atoms with E-state index in [2.05, 4.69) is 5.92 Å². The third-order valence-electron chi connectivity index (χ3n) is 2.10. The number of nitro benzene ring substituents is 1. The molecule has 0 heterocycles. The standard InChI is InChI=1S/C12H11NO4/c1-4-8(2)17-12-6-5-10(9(3)14)7-11(12)13(15)16/h1,5-8H,2-3H3. The SMILES string of the molecule is C#CC(C)Oc1ccc(C(C)=O)cc1[N+](=O)[O-]. The van der Waals surface area contributed by atoms with Crippen molar-refractivity contribution in [1.29, 1.82) is 0 Å². The molecule has 0 aromatic heterocycles. The molecule has 1 unspecified atom stereocenters. The third kappa shape index (κ3) is 3.05. The summed E-state index contributed by atoms with van der Waals surface area (Å²) in [5, 5.41) is 10.8. The minimum Gasteiger partial charge on any atom is -0.471 e. The van der Waals surface area contributed by atoms with E-state index < -0.39 is 11.0 Å². The fourth-order valence-corrected chi connectivity index (χ4v) is 1.20. The van der Waals surface area contributed by atoms with Crippen molar-refractivity contribution < 1.29 is 14.5 Å². The molecule has 17 heavy (non-hydrogen) atoms. The fourth-order valence-electron chi connectivity index (χ4n) is 1.20. The quantitative estimate of drug-likeness (QED) is 0.346. The molecule has 0 aliphatic heterocycles. The van der Waals surface area contributed by atoms with E-state index in [9.17, 15) is 14.9 Å². The Labute approximate surface area is 98.5 Å². The summed E-state index contributed by atoms with van der Waals surface area (Å²) in [4.78, 5) is 21.3. The summed E-state index contributed by atoms with van der Waals surface area (Å²) in [5.74, 6) is 2.12. The second-order valence-electron chi connectivity index (χ2n) is 3.42. The number of nitrogens with zero attached hydrogens (tertiary/aromatic N) is 1. The molecule has 1 rings (SSSR count). The number of hydrogen-bond donors (Lipinski definition) is 0. The van der Waals surface area contributed by atoms with Gasteiger partial charge in [0.2, 0.25) is 0 Å². The highest BCUT2D eigenvalue weighted by atomic mass is 16.6. The second-order valence-corrected chi connectivity index (χ2v) is 3.42. The average Bonchev–Trinajstić information content (AvgIpc) is 2.28. The lowest BCUT2D eigenvalue weighted by molar-refractivity contribution is -0.386. The Kier molecular flexibility index (Phi) is 3.83. The van der Waals surface area contributed by atoms with Gasteiger partial charge >= 0.3 is 5.69 Å². The summed E-state index contributed by atoms with van der Waals surface area (Å²) >= 11 is 0. The first-order valence-electron chi connectivity index (χ1n) is 4.88. The Hall–Kier alpha value is -2.35. The Morgan fingerprint density at radius 1 is 1.59 bits per heavy atom. The first kappa shape index (κ1) is 12.7. The van der Waals surface area contributed by atoms with Gasteiger partial charge in [0.25, 0.3) is 0 Å². The van der Waals surface area contributed by atoms with Gasteiger partial charge in [-0.2, -0.15) is 0 Å². The number of ether oxygens (including phenoxy) is 1. The van der Waals surface area contributed by atoms with E-state index in [-0.39, 0.29) is 22.8 Å². The van der Waals surface area contributed by atoms with E-state index in [0.29, 0.717) is 0 Å². The molecule has 1 aromatic rings.